The van der Waals surface area contributed by atoms with E-state index in [2.05, 4.69) is 32.7 Å². The second kappa shape index (κ2) is 10.6. The first kappa shape index (κ1) is 24.0. The highest BCUT2D eigenvalue weighted by Gasteiger charge is 2.44. The van der Waals surface area contributed by atoms with E-state index in [0.29, 0.717) is 19.6 Å². The van der Waals surface area contributed by atoms with Crippen molar-refractivity contribution in [3.63, 3.8) is 0 Å². The van der Waals surface area contributed by atoms with Gasteiger partial charge in [0.25, 0.3) is 0 Å². The van der Waals surface area contributed by atoms with Crippen LogP contribution in [0.15, 0.2) is 34.1 Å². The Kier molecular flexibility index (Phi) is 9.12. The van der Waals surface area contributed by atoms with E-state index >= 15 is 0 Å². The van der Waals surface area contributed by atoms with E-state index < -0.39 is 7.60 Å². The topological polar surface area (TPSA) is 57.7 Å². The van der Waals surface area contributed by atoms with Gasteiger partial charge in [0.1, 0.15) is 5.44 Å². The minimum Gasteiger partial charge on any atom is -0.362 e. The lowest BCUT2D eigenvalue weighted by atomic mass is 9.97. The van der Waals surface area contributed by atoms with E-state index in [1.165, 1.54) is 0 Å². The Morgan fingerprint density at radius 3 is 2.43 bits per heavy atom. The summed E-state index contributed by atoms with van der Waals surface area (Å²) in [4.78, 5) is 4.29. The summed E-state index contributed by atoms with van der Waals surface area (Å²) < 4.78 is 32.7. The van der Waals surface area contributed by atoms with Crippen LogP contribution in [0.4, 0.5) is 0 Å². The fourth-order valence-electron chi connectivity index (χ4n) is 3.07. The fourth-order valence-corrected chi connectivity index (χ4v) is 8.62. The minimum atomic E-state index is -3.43. The lowest BCUT2D eigenvalue weighted by Crippen LogP contribution is -2.29. The summed E-state index contributed by atoms with van der Waals surface area (Å²) in [7, 11) is -3.43. The molecule has 0 aliphatic carbocycles. The maximum absolute atomic E-state index is 13.8. The van der Waals surface area contributed by atoms with Crippen LogP contribution in [-0.4, -0.2) is 35.0 Å². The smallest absolute Gasteiger partial charge is 0.359 e. The zero-order valence-electron chi connectivity index (χ0n) is 17.6. The summed E-state index contributed by atoms with van der Waals surface area (Å²) in [5, 5.41) is 0.759. The second-order valence-corrected chi connectivity index (χ2v) is 12.0. The number of rotatable bonds is 9. The number of ether oxygens (including phenoxy) is 1. The fraction of sp³-hybridized carbons (Fsp3) is 0.650. The highest BCUT2D eigenvalue weighted by molar-refractivity contribution is 8.22. The molecule has 1 aromatic heterocycles. The molecule has 1 aliphatic rings. The van der Waals surface area contributed by atoms with Crippen molar-refractivity contribution in [2.24, 2.45) is 0 Å². The molecule has 2 atom stereocenters. The summed E-state index contributed by atoms with van der Waals surface area (Å²) in [6, 6.07) is 3.94. The number of pyridine rings is 1. The van der Waals surface area contributed by atoms with Crippen LogP contribution in [0, 0.1) is 0 Å². The number of nitrogens with zero attached hydrogens (tertiary/aromatic N) is 1. The van der Waals surface area contributed by atoms with E-state index in [-0.39, 0.29) is 17.0 Å². The molecule has 0 saturated heterocycles. The Balaban J connectivity index is 2.59. The Labute approximate surface area is 177 Å². The molecule has 0 bridgehead atoms. The predicted octanol–water partition coefficient (Wildman–Crippen LogP) is 6.63. The molecular formula is C20H32NO4PS2. The maximum atomic E-state index is 13.8. The average Bonchev–Trinajstić information content (AvgIpc) is 2.61. The molecule has 5 nitrogen and oxygen atoms in total. The first-order chi connectivity index (χ1) is 13.2. The summed E-state index contributed by atoms with van der Waals surface area (Å²) >= 11 is 3.31. The molecule has 0 unspecified atom stereocenters. The lowest BCUT2D eigenvalue weighted by Gasteiger charge is -2.37. The third kappa shape index (κ3) is 6.35. The van der Waals surface area contributed by atoms with Crippen molar-refractivity contribution in [1.29, 1.82) is 0 Å². The molecule has 0 N–H and O–H groups in total. The largest absolute Gasteiger partial charge is 0.362 e. The predicted molar refractivity (Wildman–Crippen MR) is 120 cm³/mol. The highest BCUT2D eigenvalue weighted by Crippen LogP contribution is 2.67. The summed E-state index contributed by atoms with van der Waals surface area (Å²) in [6.45, 7) is 12.6. The first-order valence-corrected chi connectivity index (χ1v) is 13.2. The summed E-state index contributed by atoms with van der Waals surface area (Å²) in [6.07, 6.45) is 4.28. The van der Waals surface area contributed by atoms with E-state index in [1.54, 1.807) is 29.7 Å². The van der Waals surface area contributed by atoms with Crippen LogP contribution >= 0.6 is 31.1 Å². The standard InChI is InChI=1S/C20H32NO4PS2/c1-7-23-26(22,24-8-2)18-16(15-11-10-12-21-14-15)13-17(25-20(4,5)6)28-19(18)27-9-3/h10-12,14,16-17H,7-9,13H2,1-6H3/t16-,17+/m0/s1. The van der Waals surface area contributed by atoms with Gasteiger partial charge in [-0.3, -0.25) is 9.55 Å². The maximum Gasteiger partial charge on any atom is 0.359 e. The van der Waals surface area contributed by atoms with Crippen LogP contribution in [0.2, 0.25) is 0 Å². The lowest BCUT2D eigenvalue weighted by molar-refractivity contribution is -0.0233. The van der Waals surface area contributed by atoms with Crippen molar-refractivity contribution in [3.8, 4) is 0 Å². The van der Waals surface area contributed by atoms with Crippen LogP contribution in [0.3, 0.4) is 0 Å². The molecular weight excluding hydrogens is 413 g/mol. The molecule has 0 radical (unpaired) electrons. The third-order valence-corrected chi connectivity index (χ3v) is 8.97. The number of allylic oxidation sites excluding steroid dienone is 1. The zero-order valence-corrected chi connectivity index (χ0v) is 20.2. The molecule has 8 heteroatoms. The molecule has 2 heterocycles. The van der Waals surface area contributed by atoms with Gasteiger partial charge < -0.3 is 13.8 Å². The van der Waals surface area contributed by atoms with E-state index in [9.17, 15) is 4.57 Å². The van der Waals surface area contributed by atoms with E-state index in [1.807, 2.05) is 32.2 Å². The van der Waals surface area contributed by atoms with E-state index in [4.69, 9.17) is 13.8 Å². The normalized spacial score (nSPS) is 21.2. The van der Waals surface area contributed by atoms with Crippen LogP contribution < -0.4 is 0 Å². The van der Waals surface area contributed by atoms with Gasteiger partial charge in [0.2, 0.25) is 0 Å². The van der Waals surface area contributed by atoms with Gasteiger partial charge in [-0.25, -0.2) is 0 Å². The van der Waals surface area contributed by atoms with Crippen molar-refractivity contribution in [1.82, 2.24) is 4.98 Å². The van der Waals surface area contributed by atoms with Crippen LogP contribution in [-0.2, 0) is 18.3 Å². The highest BCUT2D eigenvalue weighted by atomic mass is 32.2. The summed E-state index contributed by atoms with van der Waals surface area (Å²) in [5.41, 5.74) is 0.703. The number of thioether (sulfide) groups is 2. The van der Waals surface area contributed by atoms with Gasteiger partial charge >= 0.3 is 7.60 Å². The van der Waals surface area contributed by atoms with Crippen molar-refractivity contribution in [3.05, 3.63) is 39.6 Å². The van der Waals surface area contributed by atoms with Gasteiger partial charge in [0.05, 0.1) is 28.4 Å². The van der Waals surface area contributed by atoms with Crippen LogP contribution in [0.5, 0.6) is 0 Å². The molecule has 0 saturated carbocycles. The summed E-state index contributed by atoms with van der Waals surface area (Å²) in [5.74, 6) is 0.742. The molecule has 158 valence electrons. The Morgan fingerprint density at radius 1 is 1.25 bits per heavy atom. The van der Waals surface area contributed by atoms with Gasteiger partial charge in [0.15, 0.2) is 0 Å². The molecule has 0 aromatic carbocycles. The Hall–Kier alpha value is -0.300. The quantitative estimate of drug-likeness (QED) is 0.395. The molecule has 2 rings (SSSR count). The number of aromatic nitrogens is 1. The van der Waals surface area contributed by atoms with Crippen molar-refractivity contribution in [2.45, 2.75) is 64.9 Å². The van der Waals surface area contributed by atoms with Gasteiger partial charge in [-0.05, 0) is 58.4 Å². The van der Waals surface area contributed by atoms with E-state index in [0.717, 1.165) is 20.9 Å². The number of hydrogen-bond donors (Lipinski definition) is 0. The Morgan fingerprint density at radius 2 is 1.93 bits per heavy atom. The van der Waals surface area contributed by atoms with Crippen molar-refractivity contribution < 1.29 is 18.3 Å². The van der Waals surface area contributed by atoms with Crippen molar-refractivity contribution >= 4 is 31.1 Å². The monoisotopic (exact) mass is 445 g/mol. The Bertz CT molecular complexity index is 696. The van der Waals surface area contributed by atoms with Gasteiger partial charge in [-0.15, -0.1) is 11.8 Å². The number of hydrogen-bond acceptors (Lipinski definition) is 7. The molecule has 0 fully saturated rings. The molecule has 28 heavy (non-hydrogen) atoms. The molecule has 1 aromatic rings. The first-order valence-electron chi connectivity index (χ1n) is 9.75. The third-order valence-electron chi connectivity index (χ3n) is 3.95. The van der Waals surface area contributed by atoms with Crippen LogP contribution in [0.1, 0.15) is 59.4 Å². The average molecular weight is 446 g/mol. The second-order valence-electron chi connectivity index (χ2n) is 7.29. The SMILES string of the molecule is CCOP(=O)(OCC)C1=C(SCC)S[C@@H](OC(C)(C)C)C[C@H]1c1cccnc1. The molecule has 1 aliphatic heterocycles. The zero-order chi connectivity index (χ0) is 20.8. The van der Waals surface area contributed by atoms with Gasteiger partial charge in [-0.1, -0.05) is 24.8 Å². The molecule has 0 amide bonds. The van der Waals surface area contributed by atoms with Gasteiger partial charge in [-0.2, -0.15) is 0 Å². The van der Waals surface area contributed by atoms with Crippen molar-refractivity contribution in [2.75, 3.05) is 19.0 Å². The molecule has 0 spiro atoms. The minimum absolute atomic E-state index is 0.0419. The van der Waals surface area contributed by atoms with Crippen LogP contribution in [0.25, 0.3) is 0 Å². The van der Waals surface area contributed by atoms with Gasteiger partial charge in [0, 0.05) is 18.3 Å².